The van der Waals surface area contributed by atoms with Gasteiger partial charge in [-0.1, -0.05) is 17.7 Å². The molecule has 0 N–H and O–H groups in total. The zero-order chi connectivity index (χ0) is 13.2. The summed E-state index contributed by atoms with van der Waals surface area (Å²) in [6.07, 6.45) is 1.47. The molecule has 0 unspecified atom stereocenters. The van der Waals surface area contributed by atoms with E-state index in [1.807, 2.05) is 0 Å². The Balaban J connectivity index is 2.31. The highest BCUT2D eigenvalue weighted by Gasteiger charge is 2.18. The van der Waals surface area contributed by atoms with Gasteiger partial charge in [-0.2, -0.15) is 0 Å². The Hall–Kier alpha value is -1.20. The van der Waals surface area contributed by atoms with Crippen molar-refractivity contribution in [1.82, 2.24) is 0 Å². The normalized spacial score (nSPS) is 15.6. The molecule has 1 heterocycles. The monoisotopic (exact) mass is 288 g/mol. The number of hydrogen-bond donors (Lipinski definition) is 0. The van der Waals surface area contributed by atoms with E-state index >= 15 is 0 Å². The molecule has 18 heavy (non-hydrogen) atoms. The predicted octanol–water partition coefficient (Wildman–Crippen LogP) is 2.37. The van der Waals surface area contributed by atoms with Crippen molar-refractivity contribution in [3.8, 4) is 11.5 Å². The van der Waals surface area contributed by atoms with Gasteiger partial charge in [-0.15, -0.1) is 0 Å². The molecule has 6 heteroatoms. The standard InChI is InChI=1S/C12H13ClO4S/c1-9(13)4-7-18(14,15)10-2-3-11-12(8-10)17-6-5-16-11/h2-4,8H,5-7H2,1H3/b9-4-. The molecule has 1 aliphatic rings. The molecule has 4 nitrogen and oxygen atoms in total. The van der Waals surface area contributed by atoms with Crippen LogP contribution in [0.1, 0.15) is 6.92 Å². The number of fused-ring (bicyclic) bond motifs is 1. The van der Waals surface area contributed by atoms with E-state index in [1.165, 1.54) is 18.2 Å². The second-order valence-corrected chi connectivity index (χ2v) is 6.51. The summed E-state index contributed by atoms with van der Waals surface area (Å²) in [6, 6.07) is 4.61. The van der Waals surface area contributed by atoms with E-state index in [-0.39, 0.29) is 10.6 Å². The molecule has 0 spiro atoms. The lowest BCUT2D eigenvalue weighted by Crippen LogP contribution is -2.16. The molecule has 0 radical (unpaired) electrons. The average Bonchev–Trinajstić information content (AvgIpc) is 2.36. The van der Waals surface area contributed by atoms with Crippen LogP contribution in [-0.2, 0) is 9.84 Å². The van der Waals surface area contributed by atoms with Crippen LogP contribution in [0.25, 0.3) is 0 Å². The Kier molecular flexibility index (Phi) is 3.82. The SMILES string of the molecule is C/C(Cl)=C/CS(=O)(=O)c1ccc2c(c1)OCCO2. The first-order valence-electron chi connectivity index (χ1n) is 5.44. The van der Waals surface area contributed by atoms with Crippen molar-refractivity contribution >= 4 is 21.4 Å². The lowest BCUT2D eigenvalue weighted by atomic mass is 10.3. The highest BCUT2D eigenvalue weighted by molar-refractivity contribution is 7.91. The molecule has 2 rings (SSSR count). The van der Waals surface area contributed by atoms with Crippen molar-refractivity contribution in [1.29, 1.82) is 0 Å². The van der Waals surface area contributed by atoms with Crippen LogP contribution in [0.15, 0.2) is 34.2 Å². The minimum absolute atomic E-state index is 0.123. The number of benzene rings is 1. The van der Waals surface area contributed by atoms with Gasteiger partial charge in [-0.05, 0) is 19.1 Å². The number of sulfone groups is 1. The van der Waals surface area contributed by atoms with Gasteiger partial charge in [-0.25, -0.2) is 8.42 Å². The fraction of sp³-hybridized carbons (Fsp3) is 0.333. The summed E-state index contributed by atoms with van der Waals surface area (Å²) in [5.74, 6) is 0.917. The number of halogens is 1. The molecule has 0 aromatic heterocycles. The highest BCUT2D eigenvalue weighted by atomic mass is 35.5. The smallest absolute Gasteiger partial charge is 0.182 e. The van der Waals surface area contributed by atoms with Gasteiger partial charge in [0.05, 0.1) is 10.6 Å². The van der Waals surface area contributed by atoms with Crippen LogP contribution in [0.3, 0.4) is 0 Å². The zero-order valence-electron chi connectivity index (χ0n) is 9.85. The first-order chi connectivity index (χ1) is 8.49. The number of hydrogen-bond acceptors (Lipinski definition) is 4. The first-order valence-corrected chi connectivity index (χ1v) is 7.47. The minimum Gasteiger partial charge on any atom is -0.486 e. The largest absolute Gasteiger partial charge is 0.486 e. The Morgan fingerprint density at radius 3 is 2.67 bits per heavy atom. The highest BCUT2D eigenvalue weighted by Crippen LogP contribution is 2.32. The van der Waals surface area contributed by atoms with Gasteiger partial charge in [0.1, 0.15) is 13.2 Å². The number of rotatable bonds is 3. The first kappa shape index (κ1) is 13.2. The molecule has 0 fully saturated rings. The minimum atomic E-state index is -3.39. The zero-order valence-corrected chi connectivity index (χ0v) is 11.4. The van der Waals surface area contributed by atoms with Crippen LogP contribution in [0, 0.1) is 0 Å². The van der Waals surface area contributed by atoms with Crippen molar-refractivity contribution < 1.29 is 17.9 Å². The number of allylic oxidation sites excluding steroid dienone is 1. The van der Waals surface area contributed by atoms with E-state index in [4.69, 9.17) is 21.1 Å². The van der Waals surface area contributed by atoms with E-state index in [0.29, 0.717) is 29.7 Å². The molecule has 0 bridgehead atoms. The van der Waals surface area contributed by atoms with E-state index in [0.717, 1.165) is 0 Å². The Labute approximate surface area is 111 Å². The molecule has 0 saturated carbocycles. The summed E-state index contributed by atoms with van der Waals surface area (Å²) in [7, 11) is -3.39. The molecule has 0 saturated heterocycles. The third kappa shape index (κ3) is 2.97. The van der Waals surface area contributed by atoms with Gasteiger partial charge in [0.15, 0.2) is 21.3 Å². The van der Waals surface area contributed by atoms with Gasteiger partial charge in [-0.3, -0.25) is 0 Å². The van der Waals surface area contributed by atoms with Gasteiger partial charge in [0.25, 0.3) is 0 Å². The van der Waals surface area contributed by atoms with Gasteiger partial charge in [0.2, 0.25) is 0 Å². The third-order valence-electron chi connectivity index (χ3n) is 2.46. The summed E-state index contributed by atoms with van der Waals surface area (Å²) in [6.45, 7) is 2.55. The van der Waals surface area contributed by atoms with E-state index < -0.39 is 9.84 Å². The average molecular weight is 289 g/mol. The van der Waals surface area contributed by atoms with Crippen molar-refractivity contribution in [3.63, 3.8) is 0 Å². The van der Waals surface area contributed by atoms with Crippen LogP contribution in [0.5, 0.6) is 11.5 Å². The summed E-state index contributed by atoms with van der Waals surface area (Å²) < 4.78 is 34.7. The molecule has 1 aromatic rings. The molecule has 0 amide bonds. The van der Waals surface area contributed by atoms with Crippen LogP contribution in [-0.4, -0.2) is 27.4 Å². The van der Waals surface area contributed by atoms with Gasteiger partial charge >= 0.3 is 0 Å². The van der Waals surface area contributed by atoms with Crippen molar-refractivity contribution in [2.75, 3.05) is 19.0 Å². The maximum absolute atomic E-state index is 12.0. The van der Waals surface area contributed by atoms with Crippen LogP contribution in [0.2, 0.25) is 0 Å². The summed E-state index contributed by atoms with van der Waals surface area (Å²) >= 11 is 5.64. The Morgan fingerprint density at radius 2 is 2.00 bits per heavy atom. The van der Waals surface area contributed by atoms with Crippen molar-refractivity contribution in [2.24, 2.45) is 0 Å². The van der Waals surface area contributed by atoms with Gasteiger partial charge < -0.3 is 9.47 Å². The fourth-order valence-corrected chi connectivity index (χ4v) is 2.93. The summed E-state index contributed by atoms with van der Waals surface area (Å²) in [5.41, 5.74) is 0. The Morgan fingerprint density at radius 1 is 1.33 bits per heavy atom. The Bertz CT molecular complexity index is 574. The third-order valence-corrected chi connectivity index (χ3v) is 4.19. The maximum Gasteiger partial charge on any atom is 0.182 e. The molecular formula is C12H13ClO4S. The lowest BCUT2D eigenvalue weighted by Gasteiger charge is -2.18. The predicted molar refractivity (Wildman–Crippen MR) is 69.1 cm³/mol. The van der Waals surface area contributed by atoms with Crippen LogP contribution < -0.4 is 9.47 Å². The van der Waals surface area contributed by atoms with Crippen molar-refractivity contribution in [3.05, 3.63) is 29.3 Å². The van der Waals surface area contributed by atoms with Crippen LogP contribution >= 0.6 is 11.6 Å². The second-order valence-electron chi connectivity index (χ2n) is 3.88. The molecule has 98 valence electrons. The number of ether oxygens (including phenoxy) is 2. The van der Waals surface area contributed by atoms with E-state index in [2.05, 4.69) is 0 Å². The van der Waals surface area contributed by atoms with Gasteiger partial charge in [0, 0.05) is 11.1 Å². The molecule has 1 aliphatic heterocycles. The fourth-order valence-electron chi connectivity index (χ4n) is 1.54. The molecule has 0 aliphatic carbocycles. The lowest BCUT2D eigenvalue weighted by molar-refractivity contribution is 0.171. The quantitative estimate of drug-likeness (QED) is 0.857. The summed E-state index contributed by atoms with van der Waals surface area (Å²) in [4.78, 5) is 0.209. The molecule has 0 atom stereocenters. The summed E-state index contributed by atoms with van der Waals surface area (Å²) in [5, 5.41) is 0.455. The van der Waals surface area contributed by atoms with E-state index in [1.54, 1.807) is 13.0 Å². The van der Waals surface area contributed by atoms with E-state index in [9.17, 15) is 8.42 Å². The topological polar surface area (TPSA) is 52.6 Å². The van der Waals surface area contributed by atoms with Crippen molar-refractivity contribution in [2.45, 2.75) is 11.8 Å². The van der Waals surface area contributed by atoms with Crippen LogP contribution in [0.4, 0.5) is 0 Å². The maximum atomic E-state index is 12.0. The molecule has 1 aromatic carbocycles. The second kappa shape index (κ2) is 5.20. The molecular weight excluding hydrogens is 276 g/mol.